The van der Waals surface area contributed by atoms with Crippen LogP contribution in [0.1, 0.15) is 86.4 Å². The Morgan fingerprint density at radius 3 is 2.05 bits per heavy atom. The Labute approximate surface area is 382 Å². The molecule has 7 aromatic rings. The molecular formula is C63H63N. The van der Waals surface area contributed by atoms with Crippen molar-refractivity contribution < 1.29 is 0 Å². The number of aromatic nitrogens is 1. The third-order valence-electron chi connectivity index (χ3n) is 13.2. The van der Waals surface area contributed by atoms with Gasteiger partial charge >= 0.3 is 0 Å². The van der Waals surface area contributed by atoms with Crippen LogP contribution < -0.4 is 0 Å². The third-order valence-corrected chi connectivity index (χ3v) is 13.2. The molecule has 5 aliphatic rings. The van der Waals surface area contributed by atoms with Crippen molar-refractivity contribution in [1.82, 2.24) is 4.57 Å². The van der Waals surface area contributed by atoms with Crippen LogP contribution in [0.4, 0.5) is 0 Å². The van der Waals surface area contributed by atoms with Gasteiger partial charge in [0.15, 0.2) is 0 Å². The molecule has 0 bridgehead atoms. The lowest BCUT2D eigenvalue weighted by Crippen LogP contribution is -2.16. The number of hydrogen-bond acceptors (Lipinski definition) is 0. The van der Waals surface area contributed by atoms with Crippen LogP contribution >= 0.6 is 0 Å². The topological polar surface area (TPSA) is 4.93 Å². The summed E-state index contributed by atoms with van der Waals surface area (Å²) in [6.07, 6.45) is 25.1. The summed E-state index contributed by atoms with van der Waals surface area (Å²) in [5, 5.41) is 6.49. The minimum absolute atomic E-state index is 0.0453. The van der Waals surface area contributed by atoms with Crippen molar-refractivity contribution in [3.05, 3.63) is 210 Å². The van der Waals surface area contributed by atoms with Gasteiger partial charge in [-0.1, -0.05) is 181 Å². The van der Waals surface area contributed by atoms with Gasteiger partial charge in [-0.05, 0) is 153 Å². The first-order valence-corrected chi connectivity index (χ1v) is 23.6. The summed E-state index contributed by atoms with van der Waals surface area (Å²) in [5.74, 6) is 0.257. The van der Waals surface area contributed by atoms with Crippen molar-refractivity contribution in [1.29, 1.82) is 0 Å². The number of nitrogens with zero attached hydrogens (tertiary/aromatic N) is 1. The lowest BCUT2D eigenvalue weighted by Gasteiger charge is -2.28. The van der Waals surface area contributed by atoms with E-state index in [9.17, 15) is 0 Å². The van der Waals surface area contributed by atoms with E-state index in [0.717, 1.165) is 12.8 Å². The van der Waals surface area contributed by atoms with Crippen LogP contribution in [-0.4, -0.2) is 4.57 Å². The van der Waals surface area contributed by atoms with Gasteiger partial charge in [0.2, 0.25) is 0 Å². The first-order valence-electron chi connectivity index (χ1n) is 23.6. The zero-order chi connectivity index (χ0) is 45.1. The summed E-state index contributed by atoms with van der Waals surface area (Å²) in [6.45, 7) is 22.1. The summed E-state index contributed by atoms with van der Waals surface area (Å²) < 4.78 is 2.47. The van der Waals surface area contributed by atoms with E-state index in [1.165, 1.54) is 105 Å². The molecule has 0 fully saturated rings. The van der Waals surface area contributed by atoms with Crippen molar-refractivity contribution in [2.75, 3.05) is 0 Å². The zero-order valence-electron chi connectivity index (χ0n) is 39.4. The van der Waals surface area contributed by atoms with Gasteiger partial charge in [-0.15, -0.1) is 6.58 Å². The number of allylic oxidation sites excluding steroid dienone is 13. The highest BCUT2D eigenvalue weighted by Gasteiger charge is 2.41. The van der Waals surface area contributed by atoms with Gasteiger partial charge in [0.25, 0.3) is 0 Å². The summed E-state index contributed by atoms with van der Waals surface area (Å²) in [4.78, 5) is 0. The van der Waals surface area contributed by atoms with Crippen LogP contribution in [0.3, 0.4) is 0 Å². The van der Waals surface area contributed by atoms with E-state index in [2.05, 4.69) is 183 Å². The first-order chi connectivity index (χ1) is 31.4. The lowest BCUT2D eigenvalue weighted by atomic mass is 9.76. The fourth-order valence-corrected chi connectivity index (χ4v) is 10.3. The second-order valence-corrected chi connectivity index (χ2v) is 17.0. The highest BCUT2D eigenvalue weighted by Crippen LogP contribution is 2.56. The van der Waals surface area contributed by atoms with E-state index in [0.29, 0.717) is 0 Å². The standard InChI is InChI=1S/C52H37N.C4H8.C3H6.2C2H6/c1-52(2)47-16-7-5-12-40(47)45-28-35-29-46-41-13-6-8-17-49(41)53(50(46)25-21-33(35)30-48(45)52)36-22-20-31-26-34(19-18-32(31)27-36)37-23-24-44-39-11-4-3-10-38(39)43-15-9-14-42(37)51(43)44;1-3-4-2;1-3-2;2*1-2/h3-4,6-11,13-30,33H,5,12H2,1-2H3;3-4H,1-2H3;3H,1H2,2H3;2*1-2H3/b;4-3-;;;. The molecule has 0 amide bonds. The molecule has 0 aliphatic heterocycles. The largest absolute Gasteiger partial charge is 0.309 e. The second kappa shape index (κ2) is 18.6. The molecule has 64 heavy (non-hydrogen) atoms. The highest BCUT2D eigenvalue weighted by molar-refractivity contribution is 6.18. The van der Waals surface area contributed by atoms with Crippen LogP contribution in [0.15, 0.2) is 198 Å². The minimum atomic E-state index is 0.0453. The van der Waals surface area contributed by atoms with E-state index in [1.54, 1.807) is 11.6 Å². The maximum absolute atomic E-state index is 3.36. The molecule has 1 heterocycles. The molecule has 12 rings (SSSR count). The van der Waals surface area contributed by atoms with Gasteiger partial charge in [0.1, 0.15) is 0 Å². The van der Waals surface area contributed by atoms with E-state index in [1.807, 2.05) is 60.6 Å². The molecule has 0 saturated carbocycles. The number of hydrogen-bond donors (Lipinski definition) is 0. The molecule has 5 aliphatic carbocycles. The van der Waals surface area contributed by atoms with Gasteiger partial charge in [-0.25, -0.2) is 0 Å². The average Bonchev–Trinajstić information content (AvgIpc) is 3.86. The molecule has 1 atom stereocenters. The van der Waals surface area contributed by atoms with Crippen molar-refractivity contribution in [2.24, 2.45) is 11.3 Å². The smallest absolute Gasteiger partial charge is 0.0541 e. The van der Waals surface area contributed by atoms with Gasteiger partial charge in [0.05, 0.1) is 11.2 Å². The molecule has 6 aromatic carbocycles. The molecule has 1 aromatic heterocycles. The first kappa shape index (κ1) is 43.9. The van der Waals surface area contributed by atoms with Crippen LogP contribution in [0.5, 0.6) is 0 Å². The maximum atomic E-state index is 3.36. The van der Waals surface area contributed by atoms with E-state index >= 15 is 0 Å². The highest BCUT2D eigenvalue weighted by atomic mass is 15.0. The molecule has 0 radical (unpaired) electrons. The van der Waals surface area contributed by atoms with E-state index < -0.39 is 0 Å². The van der Waals surface area contributed by atoms with Crippen molar-refractivity contribution in [2.45, 2.75) is 75.2 Å². The van der Waals surface area contributed by atoms with Crippen LogP contribution in [-0.2, 0) is 0 Å². The molecule has 1 unspecified atom stereocenters. The summed E-state index contributed by atoms with van der Waals surface area (Å²) in [5.41, 5.74) is 20.4. The quantitative estimate of drug-likeness (QED) is 0.153. The Kier molecular flexibility index (Phi) is 12.7. The van der Waals surface area contributed by atoms with Gasteiger partial charge < -0.3 is 4.57 Å². The van der Waals surface area contributed by atoms with Crippen LogP contribution in [0.25, 0.3) is 83.7 Å². The monoisotopic (exact) mass is 833 g/mol. The summed E-state index contributed by atoms with van der Waals surface area (Å²) in [6, 6.07) is 43.1. The third kappa shape index (κ3) is 7.31. The van der Waals surface area contributed by atoms with E-state index in [4.69, 9.17) is 0 Å². The Morgan fingerprint density at radius 1 is 0.656 bits per heavy atom. The predicted octanol–water partition coefficient (Wildman–Crippen LogP) is 18.7. The Hall–Kier alpha value is -6.70. The SMILES string of the molecule is C/C=C\C.C=CC.CC.CC.CC1(C)C2=CC3C=Cc4c(c5ccccc5n4-c4ccc5cc(-c6ccc7c8c(cccc68)-c6ccccc6-7)ccc5c4)C=C3C=C2C2=C1C=CCC2. The van der Waals surface area contributed by atoms with Crippen molar-refractivity contribution in [3.8, 4) is 39.1 Å². The number of fused-ring (bicyclic) bond motifs is 10. The van der Waals surface area contributed by atoms with E-state index in [-0.39, 0.29) is 11.3 Å². The van der Waals surface area contributed by atoms with Crippen LogP contribution in [0, 0.1) is 11.3 Å². The van der Waals surface area contributed by atoms with Crippen molar-refractivity contribution >= 4 is 44.6 Å². The fraction of sp³-hybridized carbons (Fsp3) is 0.206. The van der Waals surface area contributed by atoms with Crippen molar-refractivity contribution in [3.63, 3.8) is 0 Å². The fourth-order valence-electron chi connectivity index (χ4n) is 10.3. The molecule has 320 valence electrons. The predicted molar refractivity (Wildman–Crippen MR) is 283 cm³/mol. The number of para-hydroxylation sites is 1. The van der Waals surface area contributed by atoms with Gasteiger partial charge in [0, 0.05) is 28.0 Å². The molecule has 0 spiro atoms. The molecule has 1 heteroatoms. The number of benzene rings is 6. The normalized spacial score (nSPS) is 16.5. The molecule has 0 N–H and O–H groups in total. The summed E-state index contributed by atoms with van der Waals surface area (Å²) in [7, 11) is 0. The minimum Gasteiger partial charge on any atom is -0.309 e. The maximum Gasteiger partial charge on any atom is 0.0541 e. The Morgan fingerprint density at radius 2 is 1.30 bits per heavy atom. The van der Waals surface area contributed by atoms with Crippen LogP contribution in [0.2, 0.25) is 0 Å². The Bertz CT molecular complexity index is 3120. The van der Waals surface area contributed by atoms with Gasteiger partial charge in [-0.3, -0.25) is 0 Å². The zero-order valence-corrected chi connectivity index (χ0v) is 39.4. The Balaban J connectivity index is 0.000000468. The summed E-state index contributed by atoms with van der Waals surface area (Å²) >= 11 is 0. The molecular weight excluding hydrogens is 771 g/mol. The molecule has 0 saturated heterocycles. The molecule has 1 nitrogen and oxygen atoms in total. The lowest BCUT2D eigenvalue weighted by molar-refractivity contribution is 0.569. The second-order valence-electron chi connectivity index (χ2n) is 17.0. The number of rotatable bonds is 2. The average molecular weight is 834 g/mol. The van der Waals surface area contributed by atoms with Gasteiger partial charge in [-0.2, -0.15) is 0 Å².